The smallest absolute Gasteiger partial charge is 0.335 e. The van der Waals surface area contributed by atoms with E-state index in [0.717, 1.165) is 0 Å². The molecule has 0 bridgehead atoms. The lowest BCUT2D eigenvalue weighted by molar-refractivity contribution is -0.133. The van der Waals surface area contributed by atoms with Crippen molar-refractivity contribution in [2.75, 3.05) is 40.0 Å². The Balaban J connectivity index is 1.86. The zero-order valence-corrected chi connectivity index (χ0v) is 18.8. The van der Waals surface area contributed by atoms with Gasteiger partial charge in [-0.05, 0) is 17.7 Å². The van der Waals surface area contributed by atoms with Gasteiger partial charge in [0.15, 0.2) is 10.8 Å². The van der Waals surface area contributed by atoms with Gasteiger partial charge in [-0.25, -0.2) is 19.2 Å². The number of thiazole rings is 1. The fourth-order valence-corrected chi connectivity index (χ4v) is 4.92. The van der Waals surface area contributed by atoms with Crippen LogP contribution >= 0.6 is 22.9 Å². The largest absolute Gasteiger partial charge is 0.478 e. The van der Waals surface area contributed by atoms with Crippen LogP contribution in [0.4, 0.5) is 4.39 Å². The zero-order chi connectivity index (χ0) is 22.8. The molecule has 170 valence electrons. The highest BCUT2D eigenvalue weighted by Crippen LogP contribution is 2.39. The van der Waals surface area contributed by atoms with Crippen LogP contribution in [0.15, 0.2) is 46.0 Å². The minimum Gasteiger partial charge on any atom is -0.478 e. The van der Waals surface area contributed by atoms with Crippen molar-refractivity contribution in [3.63, 3.8) is 0 Å². The summed E-state index contributed by atoms with van der Waals surface area (Å²) in [7, 11) is 1.72. The average molecular weight is 481 g/mol. The minimum absolute atomic E-state index is 0.0458. The van der Waals surface area contributed by atoms with E-state index in [4.69, 9.17) is 21.3 Å². The van der Waals surface area contributed by atoms with Crippen LogP contribution in [0, 0.1) is 5.82 Å². The predicted molar refractivity (Wildman–Crippen MR) is 118 cm³/mol. The first-order valence-corrected chi connectivity index (χ1v) is 11.2. The van der Waals surface area contributed by atoms with Crippen LogP contribution in [0.2, 0.25) is 5.02 Å². The molecule has 4 rings (SSSR count). The molecule has 2 atom stereocenters. The molecule has 11 heteroatoms. The number of aliphatic carboxylic acids is 1. The molecule has 1 saturated heterocycles. The predicted octanol–water partition coefficient (Wildman–Crippen LogP) is 2.40. The lowest BCUT2D eigenvalue weighted by Gasteiger charge is -2.39. The van der Waals surface area contributed by atoms with Crippen LogP contribution in [-0.2, 0) is 9.53 Å². The second-order valence-electron chi connectivity index (χ2n) is 7.50. The van der Waals surface area contributed by atoms with Gasteiger partial charge in [-0.1, -0.05) is 17.7 Å². The summed E-state index contributed by atoms with van der Waals surface area (Å²) in [5.41, 5.74) is 0.839. The van der Waals surface area contributed by atoms with E-state index < -0.39 is 17.8 Å². The highest BCUT2D eigenvalue weighted by Gasteiger charge is 2.38. The Morgan fingerprint density at radius 3 is 2.91 bits per heavy atom. The van der Waals surface area contributed by atoms with Crippen LogP contribution < -0.4 is 0 Å². The second kappa shape index (κ2) is 9.63. The first kappa shape index (κ1) is 22.8. The summed E-state index contributed by atoms with van der Waals surface area (Å²) >= 11 is 7.74. The molecule has 2 aliphatic heterocycles. The van der Waals surface area contributed by atoms with Crippen molar-refractivity contribution in [3.8, 4) is 0 Å². The molecule has 32 heavy (non-hydrogen) atoms. The van der Waals surface area contributed by atoms with Crippen molar-refractivity contribution < 1.29 is 24.1 Å². The van der Waals surface area contributed by atoms with Crippen molar-refractivity contribution in [1.29, 1.82) is 0 Å². The molecule has 0 aliphatic carbocycles. The second-order valence-corrected chi connectivity index (χ2v) is 8.80. The molecular weight excluding hydrogens is 459 g/mol. The third-order valence-corrected chi connectivity index (χ3v) is 6.67. The van der Waals surface area contributed by atoms with E-state index in [0.29, 0.717) is 41.9 Å². The van der Waals surface area contributed by atoms with Gasteiger partial charge in [-0.2, -0.15) is 0 Å². The number of hydrogen-bond donors (Lipinski definition) is 2. The van der Waals surface area contributed by atoms with Crippen molar-refractivity contribution in [1.82, 2.24) is 14.8 Å². The Hall–Kier alpha value is -2.37. The number of carbonyl (C=O) groups is 1. The van der Waals surface area contributed by atoms with Gasteiger partial charge >= 0.3 is 5.97 Å². The molecule has 2 N–H and O–H groups in total. The number of morpholine rings is 1. The summed E-state index contributed by atoms with van der Waals surface area (Å²) in [6, 6.07) is 2.85. The highest BCUT2D eigenvalue weighted by molar-refractivity contribution is 7.11. The maximum absolute atomic E-state index is 13.7. The van der Waals surface area contributed by atoms with Crippen LogP contribution in [0.5, 0.6) is 0 Å². The standard InChI is InChI=1S/C21H22ClFN4O4S/c1-26-18(14-3-2-12(23)8-15(14)22)17(21(29)30)16(25-19(26)20-24-4-7-32-20)9-27-5-6-31-11-13(27)10-28/h2-4,7-8,13,18,28H,5-6,9-11H2,1H3,(H,29,30)/t13-,18?/m0/s1. The summed E-state index contributed by atoms with van der Waals surface area (Å²) in [6.07, 6.45) is 1.65. The summed E-state index contributed by atoms with van der Waals surface area (Å²) in [4.78, 5) is 25.2. The molecule has 0 spiro atoms. The maximum Gasteiger partial charge on any atom is 0.335 e. The van der Waals surface area contributed by atoms with Crippen LogP contribution in [0.1, 0.15) is 16.6 Å². The first-order valence-electron chi connectivity index (χ1n) is 9.96. The van der Waals surface area contributed by atoms with E-state index in [1.54, 1.807) is 18.1 Å². The van der Waals surface area contributed by atoms with Crippen molar-refractivity contribution in [2.24, 2.45) is 4.99 Å². The molecule has 0 radical (unpaired) electrons. The molecule has 0 amide bonds. The molecule has 1 fully saturated rings. The van der Waals surface area contributed by atoms with Gasteiger partial charge < -0.3 is 19.8 Å². The SMILES string of the molecule is CN1C(c2nccs2)=NC(CN2CCOC[C@@H]2CO)=C(C(=O)O)C1c1ccc(F)cc1Cl. The lowest BCUT2D eigenvalue weighted by atomic mass is 9.93. The third-order valence-electron chi connectivity index (χ3n) is 5.57. The van der Waals surface area contributed by atoms with Gasteiger partial charge in [0.1, 0.15) is 5.82 Å². The number of benzene rings is 1. The number of aliphatic hydroxyl groups excluding tert-OH is 1. The van der Waals surface area contributed by atoms with Gasteiger partial charge in [-0.3, -0.25) is 4.90 Å². The number of likely N-dealkylation sites (N-methyl/N-ethyl adjacent to an activating group) is 1. The quantitative estimate of drug-likeness (QED) is 0.655. The fourth-order valence-electron chi connectivity index (χ4n) is 3.98. The van der Waals surface area contributed by atoms with Gasteiger partial charge in [0.05, 0.1) is 43.2 Å². The van der Waals surface area contributed by atoms with Crippen molar-refractivity contribution >= 4 is 34.7 Å². The van der Waals surface area contributed by atoms with Crippen LogP contribution in [0.3, 0.4) is 0 Å². The average Bonchev–Trinajstić information content (AvgIpc) is 3.30. The molecule has 3 heterocycles. The number of aliphatic imine (C=N–C) groups is 1. The lowest BCUT2D eigenvalue weighted by Crippen LogP contribution is -2.49. The molecule has 1 aromatic heterocycles. The van der Waals surface area contributed by atoms with E-state index in [2.05, 4.69) is 4.98 Å². The Morgan fingerprint density at radius 1 is 1.44 bits per heavy atom. The first-order chi connectivity index (χ1) is 15.4. The third kappa shape index (κ3) is 4.41. The van der Waals surface area contributed by atoms with E-state index >= 15 is 0 Å². The summed E-state index contributed by atoms with van der Waals surface area (Å²) in [6.45, 7) is 1.44. The number of carboxylic acids is 1. The fraction of sp³-hybridized carbons (Fsp3) is 0.381. The Labute approximate surface area is 193 Å². The Morgan fingerprint density at radius 2 is 2.25 bits per heavy atom. The number of hydrogen-bond acceptors (Lipinski definition) is 8. The topological polar surface area (TPSA) is 98.5 Å². The van der Waals surface area contributed by atoms with E-state index in [1.807, 2.05) is 10.3 Å². The van der Waals surface area contributed by atoms with E-state index in [1.165, 1.54) is 29.5 Å². The van der Waals surface area contributed by atoms with Crippen LogP contribution in [0.25, 0.3) is 0 Å². The van der Waals surface area contributed by atoms with Crippen molar-refractivity contribution in [3.05, 3.63) is 62.5 Å². The number of rotatable bonds is 6. The van der Waals surface area contributed by atoms with Crippen molar-refractivity contribution in [2.45, 2.75) is 12.1 Å². The number of halogens is 2. The maximum atomic E-state index is 13.7. The summed E-state index contributed by atoms with van der Waals surface area (Å²) < 4.78 is 19.2. The van der Waals surface area contributed by atoms with Gasteiger partial charge in [0, 0.05) is 36.7 Å². The van der Waals surface area contributed by atoms with Gasteiger partial charge in [0.2, 0.25) is 0 Å². The molecule has 2 aliphatic rings. The van der Waals surface area contributed by atoms with Crippen LogP contribution in [-0.4, -0.2) is 82.8 Å². The molecule has 1 aromatic carbocycles. The number of ether oxygens (including phenoxy) is 1. The molecule has 0 saturated carbocycles. The Kier molecular flexibility index (Phi) is 6.87. The zero-order valence-electron chi connectivity index (χ0n) is 17.2. The molecule has 8 nitrogen and oxygen atoms in total. The highest BCUT2D eigenvalue weighted by atomic mass is 35.5. The molecule has 2 aromatic rings. The van der Waals surface area contributed by atoms with Gasteiger partial charge in [-0.15, -0.1) is 11.3 Å². The number of aliphatic hydroxyl groups is 1. The number of nitrogens with zero attached hydrogens (tertiary/aromatic N) is 4. The van der Waals surface area contributed by atoms with Gasteiger partial charge in [0.25, 0.3) is 0 Å². The van der Waals surface area contributed by atoms with E-state index in [9.17, 15) is 19.4 Å². The summed E-state index contributed by atoms with van der Waals surface area (Å²) in [5, 5.41) is 22.5. The number of carboxylic acid groups (broad SMARTS) is 1. The monoisotopic (exact) mass is 480 g/mol. The normalized spacial score (nSPS) is 22.2. The van der Waals surface area contributed by atoms with E-state index in [-0.39, 0.29) is 29.8 Å². The molecule has 1 unspecified atom stereocenters. The summed E-state index contributed by atoms with van der Waals surface area (Å²) in [5.74, 6) is -1.15. The number of aromatic nitrogens is 1. The Bertz CT molecular complexity index is 1060. The number of amidine groups is 1. The molecular formula is C21H22ClFN4O4S. The minimum atomic E-state index is -1.15.